The monoisotopic (exact) mass is 288 g/mol. The number of nitrogens with one attached hydrogen (secondary N) is 1. The zero-order chi connectivity index (χ0) is 15.2. The van der Waals surface area contributed by atoms with Crippen molar-refractivity contribution in [2.24, 2.45) is 5.84 Å². The second kappa shape index (κ2) is 6.97. The number of hydrogen-bond acceptors (Lipinski definition) is 5. The Morgan fingerprint density at radius 3 is 1.90 bits per heavy atom. The van der Waals surface area contributed by atoms with E-state index in [0.29, 0.717) is 11.5 Å². The topological polar surface area (TPSA) is 65.7 Å². The zero-order valence-corrected chi connectivity index (χ0v) is 12.4. The van der Waals surface area contributed by atoms with Gasteiger partial charge in [-0.1, -0.05) is 12.1 Å². The van der Waals surface area contributed by atoms with E-state index in [4.69, 9.17) is 20.1 Å². The molecular formula is C16H20N2O3. The lowest BCUT2D eigenvalue weighted by Crippen LogP contribution is -2.28. The summed E-state index contributed by atoms with van der Waals surface area (Å²) in [6.07, 6.45) is 0. The van der Waals surface area contributed by atoms with Crippen LogP contribution in [0.3, 0.4) is 0 Å². The zero-order valence-electron chi connectivity index (χ0n) is 12.4. The Bertz CT molecular complexity index is 580. The number of nitrogens with two attached hydrogens (primary N) is 1. The van der Waals surface area contributed by atoms with E-state index in [0.717, 1.165) is 16.9 Å². The predicted molar refractivity (Wildman–Crippen MR) is 81.7 cm³/mol. The van der Waals surface area contributed by atoms with E-state index < -0.39 is 0 Å². The van der Waals surface area contributed by atoms with Gasteiger partial charge in [0.2, 0.25) is 0 Å². The molecule has 0 fully saturated rings. The van der Waals surface area contributed by atoms with Gasteiger partial charge in [-0.25, -0.2) is 5.43 Å². The Balaban J connectivity index is 2.44. The summed E-state index contributed by atoms with van der Waals surface area (Å²) in [5, 5.41) is 0. The van der Waals surface area contributed by atoms with Gasteiger partial charge in [0.05, 0.1) is 27.4 Å². The van der Waals surface area contributed by atoms with Crippen molar-refractivity contribution in [2.45, 2.75) is 6.04 Å². The molecule has 0 aliphatic carbocycles. The van der Waals surface area contributed by atoms with Crippen LogP contribution in [0.5, 0.6) is 17.2 Å². The second-order valence-corrected chi connectivity index (χ2v) is 4.52. The van der Waals surface area contributed by atoms with Gasteiger partial charge >= 0.3 is 0 Å². The third-order valence-corrected chi connectivity index (χ3v) is 3.30. The van der Waals surface area contributed by atoms with Crippen molar-refractivity contribution in [3.8, 4) is 17.2 Å². The molecule has 5 nitrogen and oxygen atoms in total. The van der Waals surface area contributed by atoms with E-state index in [-0.39, 0.29) is 6.04 Å². The molecule has 0 aliphatic heterocycles. The summed E-state index contributed by atoms with van der Waals surface area (Å²) in [4.78, 5) is 0. The number of rotatable bonds is 6. The molecule has 2 aromatic carbocycles. The summed E-state index contributed by atoms with van der Waals surface area (Å²) in [5.74, 6) is 7.95. The third-order valence-electron chi connectivity index (χ3n) is 3.30. The molecule has 5 heteroatoms. The van der Waals surface area contributed by atoms with Crippen molar-refractivity contribution in [1.29, 1.82) is 0 Å². The summed E-state index contributed by atoms with van der Waals surface area (Å²) >= 11 is 0. The van der Waals surface area contributed by atoms with Crippen molar-refractivity contribution in [1.82, 2.24) is 5.43 Å². The van der Waals surface area contributed by atoms with Gasteiger partial charge in [-0.15, -0.1) is 0 Å². The first-order chi connectivity index (χ1) is 10.2. The molecule has 0 spiro atoms. The standard InChI is InChI=1S/C16H20N2O3/c1-19-13-6-4-5-11(7-13)16(18-17)12-8-14(20-2)10-15(9-12)21-3/h4-10,16,18H,17H2,1-3H3. The van der Waals surface area contributed by atoms with Crippen LogP contribution in [0.1, 0.15) is 17.2 Å². The molecule has 21 heavy (non-hydrogen) atoms. The molecule has 0 bridgehead atoms. The quantitative estimate of drug-likeness (QED) is 0.630. The van der Waals surface area contributed by atoms with Gasteiger partial charge in [0.25, 0.3) is 0 Å². The average molecular weight is 288 g/mol. The van der Waals surface area contributed by atoms with Crippen molar-refractivity contribution in [3.63, 3.8) is 0 Å². The Morgan fingerprint density at radius 1 is 0.810 bits per heavy atom. The lowest BCUT2D eigenvalue weighted by Gasteiger charge is -2.19. The smallest absolute Gasteiger partial charge is 0.122 e. The summed E-state index contributed by atoms with van der Waals surface area (Å²) in [6, 6.07) is 13.2. The van der Waals surface area contributed by atoms with Gasteiger partial charge in [-0.3, -0.25) is 5.84 Å². The van der Waals surface area contributed by atoms with Gasteiger partial charge in [-0.2, -0.15) is 0 Å². The van der Waals surface area contributed by atoms with Crippen LogP contribution in [0.2, 0.25) is 0 Å². The maximum Gasteiger partial charge on any atom is 0.122 e. The maximum atomic E-state index is 5.74. The van der Waals surface area contributed by atoms with Gasteiger partial charge in [0.1, 0.15) is 17.2 Å². The normalized spacial score (nSPS) is 11.8. The molecule has 2 aromatic rings. The number of hydrogen-bond donors (Lipinski definition) is 2. The molecule has 112 valence electrons. The van der Waals surface area contributed by atoms with Crippen LogP contribution in [-0.4, -0.2) is 21.3 Å². The van der Waals surface area contributed by atoms with Gasteiger partial charge in [0, 0.05) is 6.07 Å². The minimum Gasteiger partial charge on any atom is -0.497 e. The Morgan fingerprint density at radius 2 is 1.38 bits per heavy atom. The maximum absolute atomic E-state index is 5.74. The molecular weight excluding hydrogens is 268 g/mol. The van der Waals surface area contributed by atoms with Crippen LogP contribution >= 0.6 is 0 Å². The number of benzene rings is 2. The van der Waals surface area contributed by atoms with E-state index >= 15 is 0 Å². The first kappa shape index (κ1) is 15.2. The Kier molecular flexibility index (Phi) is 5.03. The van der Waals surface area contributed by atoms with Gasteiger partial charge < -0.3 is 14.2 Å². The fourth-order valence-corrected chi connectivity index (χ4v) is 2.20. The second-order valence-electron chi connectivity index (χ2n) is 4.52. The SMILES string of the molecule is COc1cccc(C(NN)c2cc(OC)cc(OC)c2)c1. The predicted octanol–water partition coefficient (Wildman–Crippen LogP) is 2.27. The van der Waals surface area contributed by atoms with Crippen LogP contribution in [0, 0.1) is 0 Å². The lowest BCUT2D eigenvalue weighted by molar-refractivity contribution is 0.392. The third kappa shape index (κ3) is 3.45. The average Bonchev–Trinajstić information content (AvgIpc) is 2.55. The minimum atomic E-state index is -0.191. The summed E-state index contributed by atoms with van der Waals surface area (Å²) in [7, 11) is 4.88. The largest absolute Gasteiger partial charge is 0.497 e. The fourth-order valence-electron chi connectivity index (χ4n) is 2.20. The Hall–Kier alpha value is -2.24. The molecule has 0 radical (unpaired) electrons. The highest BCUT2D eigenvalue weighted by molar-refractivity contribution is 5.44. The van der Waals surface area contributed by atoms with Gasteiger partial charge in [0.15, 0.2) is 0 Å². The van der Waals surface area contributed by atoms with Crippen LogP contribution in [0.15, 0.2) is 42.5 Å². The van der Waals surface area contributed by atoms with Crippen molar-refractivity contribution in [2.75, 3.05) is 21.3 Å². The first-order valence-electron chi connectivity index (χ1n) is 6.55. The molecule has 2 rings (SSSR count). The fraction of sp³-hybridized carbons (Fsp3) is 0.250. The van der Waals surface area contributed by atoms with Crippen LogP contribution in [0.25, 0.3) is 0 Å². The minimum absolute atomic E-state index is 0.191. The van der Waals surface area contributed by atoms with E-state index in [1.165, 1.54) is 0 Å². The van der Waals surface area contributed by atoms with Crippen LogP contribution in [0.4, 0.5) is 0 Å². The van der Waals surface area contributed by atoms with E-state index in [9.17, 15) is 0 Å². The summed E-state index contributed by atoms with van der Waals surface area (Å²) < 4.78 is 15.9. The molecule has 3 N–H and O–H groups in total. The number of methoxy groups -OCH3 is 3. The molecule has 0 heterocycles. The van der Waals surface area contributed by atoms with Crippen LogP contribution in [-0.2, 0) is 0 Å². The molecule has 0 saturated heterocycles. The van der Waals surface area contributed by atoms with Crippen molar-refractivity contribution >= 4 is 0 Å². The van der Waals surface area contributed by atoms with E-state index in [1.54, 1.807) is 21.3 Å². The molecule has 1 unspecified atom stereocenters. The summed E-state index contributed by atoms with van der Waals surface area (Å²) in [5.41, 5.74) is 4.76. The van der Waals surface area contributed by atoms with Crippen molar-refractivity contribution in [3.05, 3.63) is 53.6 Å². The van der Waals surface area contributed by atoms with E-state index in [1.807, 2.05) is 42.5 Å². The Labute approximate surface area is 124 Å². The molecule has 0 saturated carbocycles. The molecule has 0 aromatic heterocycles. The molecule has 0 amide bonds. The van der Waals surface area contributed by atoms with Gasteiger partial charge in [-0.05, 0) is 35.4 Å². The molecule has 1 atom stereocenters. The first-order valence-corrected chi connectivity index (χ1v) is 6.55. The highest BCUT2D eigenvalue weighted by atomic mass is 16.5. The number of ether oxygens (including phenoxy) is 3. The lowest BCUT2D eigenvalue weighted by atomic mass is 9.98. The highest BCUT2D eigenvalue weighted by Gasteiger charge is 2.15. The summed E-state index contributed by atoms with van der Waals surface area (Å²) in [6.45, 7) is 0. The van der Waals surface area contributed by atoms with Crippen LogP contribution < -0.4 is 25.5 Å². The highest BCUT2D eigenvalue weighted by Crippen LogP contribution is 2.30. The van der Waals surface area contributed by atoms with E-state index in [2.05, 4.69) is 5.43 Å². The molecule has 0 aliphatic rings. The number of hydrazine groups is 1. The van der Waals surface area contributed by atoms with Crippen molar-refractivity contribution < 1.29 is 14.2 Å².